The highest BCUT2D eigenvalue weighted by atomic mass is 19.1. The number of furan rings is 1. The third kappa shape index (κ3) is 3.18. The molecule has 0 bridgehead atoms. The first-order chi connectivity index (χ1) is 12.0. The van der Waals surface area contributed by atoms with Gasteiger partial charge in [-0.1, -0.05) is 0 Å². The Bertz CT molecular complexity index is 889. The second-order valence-electron chi connectivity index (χ2n) is 5.36. The van der Waals surface area contributed by atoms with E-state index in [9.17, 15) is 9.18 Å². The van der Waals surface area contributed by atoms with Gasteiger partial charge in [0.15, 0.2) is 11.6 Å². The minimum Gasteiger partial charge on any atom is -0.494 e. The molecule has 1 amide bonds. The van der Waals surface area contributed by atoms with Gasteiger partial charge in [-0.2, -0.15) is 5.10 Å². The van der Waals surface area contributed by atoms with Crippen LogP contribution in [0.1, 0.15) is 16.1 Å². The molecule has 0 unspecified atom stereocenters. The van der Waals surface area contributed by atoms with E-state index in [1.165, 1.54) is 41.3 Å². The molecule has 1 aromatic carbocycles. The Kier molecular flexibility index (Phi) is 4.42. The van der Waals surface area contributed by atoms with Gasteiger partial charge in [0.1, 0.15) is 17.1 Å². The van der Waals surface area contributed by atoms with E-state index in [4.69, 9.17) is 14.9 Å². The number of hydrogen-bond acceptors (Lipinski definition) is 5. The normalized spacial score (nSPS) is 10.7. The van der Waals surface area contributed by atoms with E-state index < -0.39 is 11.7 Å². The Morgan fingerprint density at radius 2 is 2.24 bits per heavy atom. The molecule has 0 saturated carbocycles. The number of carbonyl (C=O) groups excluding carboxylic acids is 1. The van der Waals surface area contributed by atoms with Gasteiger partial charge >= 0.3 is 0 Å². The maximum absolute atomic E-state index is 14.1. The standard InChI is InChI=1S/C17H17FN4O3/c1-21-16(19)13(9-20-21)17(23)22(10-12-4-3-7-25-12)11-5-6-15(24-2)14(18)8-11/h3-9H,10,19H2,1-2H3. The topological polar surface area (TPSA) is 86.5 Å². The molecule has 0 aliphatic rings. The average molecular weight is 344 g/mol. The first-order valence-electron chi connectivity index (χ1n) is 7.46. The summed E-state index contributed by atoms with van der Waals surface area (Å²) >= 11 is 0. The van der Waals surface area contributed by atoms with E-state index in [1.807, 2.05) is 0 Å². The number of nitrogens with zero attached hydrogens (tertiary/aromatic N) is 3. The van der Waals surface area contributed by atoms with Crippen LogP contribution in [0.5, 0.6) is 5.75 Å². The minimum absolute atomic E-state index is 0.0926. The zero-order chi connectivity index (χ0) is 18.0. The number of benzene rings is 1. The number of halogens is 1. The highest BCUT2D eigenvalue weighted by Crippen LogP contribution is 2.27. The lowest BCUT2D eigenvalue weighted by Gasteiger charge is -2.22. The first-order valence-corrected chi connectivity index (χ1v) is 7.46. The van der Waals surface area contributed by atoms with Gasteiger partial charge in [0, 0.05) is 18.8 Å². The van der Waals surface area contributed by atoms with E-state index in [0.717, 1.165) is 0 Å². The fourth-order valence-electron chi connectivity index (χ4n) is 2.42. The van der Waals surface area contributed by atoms with Crippen LogP contribution >= 0.6 is 0 Å². The van der Waals surface area contributed by atoms with Crippen molar-refractivity contribution < 1.29 is 18.3 Å². The number of hydrogen-bond donors (Lipinski definition) is 1. The zero-order valence-electron chi connectivity index (χ0n) is 13.8. The van der Waals surface area contributed by atoms with Crippen LogP contribution in [0.15, 0.2) is 47.2 Å². The monoisotopic (exact) mass is 344 g/mol. The van der Waals surface area contributed by atoms with Crippen molar-refractivity contribution in [3.63, 3.8) is 0 Å². The molecule has 25 heavy (non-hydrogen) atoms. The largest absolute Gasteiger partial charge is 0.494 e. The van der Waals surface area contributed by atoms with Crippen molar-refractivity contribution in [2.24, 2.45) is 7.05 Å². The van der Waals surface area contributed by atoms with Crippen LogP contribution in [0.2, 0.25) is 0 Å². The lowest BCUT2D eigenvalue weighted by molar-refractivity contribution is 0.0984. The summed E-state index contributed by atoms with van der Waals surface area (Å²) in [6.07, 6.45) is 2.89. The molecule has 0 aliphatic carbocycles. The van der Waals surface area contributed by atoms with Crippen molar-refractivity contribution in [2.45, 2.75) is 6.54 Å². The van der Waals surface area contributed by atoms with Crippen LogP contribution in [-0.4, -0.2) is 22.8 Å². The van der Waals surface area contributed by atoms with Gasteiger partial charge in [-0.25, -0.2) is 4.39 Å². The fourth-order valence-corrected chi connectivity index (χ4v) is 2.42. The maximum atomic E-state index is 14.1. The Morgan fingerprint density at radius 3 is 2.80 bits per heavy atom. The predicted molar refractivity (Wildman–Crippen MR) is 89.8 cm³/mol. The molecule has 0 aliphatic heterocycles. The summed E-state index contributed by atoms with van der Waals surface area (Å²) in [6.45, 7) is 0.117. The van der Waals surface area contributed by atoms with Crippen molar-refractivity contribution >= 4 is 17.4 Å². The highest BCUT2D eigenvalue weighted by Gasteiger charge is 2.24. The number of aromatic nitrogens is 2. The number of methoxy groups -OCH3 is 1. The van der Waals surface area contributed by atoms with E-state index in [2.05, 4.69) is 5.10 Å². The molecule has 3 aromatic rings. The molecule has 0 atom stereocenters. The number of carbonyl (C=O) groups is 1. The molecule has 130 valence electrons. The Balaban J connectivity index is 2.01. The lowest BCUT2D eigenvalue weighted by atomic mass is 10.2. The Labute approximate surface area is 143 Å². The van der Waals surface area contributed by atoms with Gasteiger partial charge in [-0.3, -0.25) is 9.48 Å². The summed E-state index contributed by atoms with van der Waals surface area (Å²) in [5, 5.41) is 3.98. The molecule has 0 spiro atoms. The number of anilines is 2. The Morgan fingerprint density at radius 1 is 1.44 bits per heavy atom. The van der Waals surface area contributed by atoms with Gasteiger partial charge in [0.2, 0.25) is 0 Å². The van der Waals surface area contributed by atoms with Crippen LogP contribution in [0, 0.1) is 5.82 Å². The molecule has 0 saturated heterocycles. The van der Waals surface area contributed by atoms with Crippen LogP contribution < -0.4 is 15.4 Å². The maximum Gasteiger partial charge on any atom is 0.264 e. The third-order valence-electron chi connectivity index (χ3n) is 3.80. The molecule has 7 nitrogen and oxygen atoms in total. The molecule has 2 N–H and O–H groups in total. The minimum atomic E-state index is -0.573. The number of nitrogen functional groups attached to an aromatic ring is 1. The Hall–Kier alpha value is -3.29. The van der Waals surface area contributed by atoms with Crippen LogP contribution in [0.3, 0.4) is 0 Å². The summed E-state index contributed by atoms with van der Waals surface area (Å²) in [5.41, 5.74) is 6.48. The van der Waals surface area contributed by atoms with Gasteiger partial charge in [-0.05, 0) is 24.3 Å². The molecule has 2 aromatic heterocycles. The fraction of sp³-hybridized carbons (Fsp3) is 0.176. The average Bonchev–Trinajstić information content (AvgIpc) is 3.23. The molecular weight excluding hydrogens is 327 g/mol. The van der Waals surface area contributed by atoms with E-state index in [0.29, 0.717) is 11.4 Å². The molecular formula is C17H17FN4O3. The molecule has 0 radical (unpaired) electrons. The van der Waals surface area contributed by atoms with Crippen LogP contribution in [0.4, 0.5) is 15.9 Å². The second-order valence-corrected chi connectivity index (χ2v) is 5.36. The van der Waals surface area contributed by atoms with Gasteiger partial charge in [-0.15, -0.1) is 0 Å². The van der Waals surface area contributed by atoms with Crippen molar-refractivity contribution in [1.82, 2.24) is 9.78 Å². The number of ether oxygens (including phenoxy) is 1. The number of aryl methyl sites for hydroxylation is 1. The van der Waals surface area contributed by atoms with Gasteiger partial charge in [0.05, 0.1) is 26.1 Å². The van der Waals surface area contributed by atoms with E-state index in [-0.39, 0.29) is 23.7 Å². The van der Waals surface area contributed by atoms with Crippen molar-refractivity contribution in [1.29, 1.82) is 0 Å². The van der Waals surface area contributed by atoms with Crippen LogP contribution in [0.25, 0.3) is 0 Å². The van der Waals surface area contributed by atoms with E-state index >= 15 is 0 Å². The first kappa shape index (κ1) is 16.6. The lowest BCUT2D eigenvalue weighted by Crippen LogP contribution is -2.30. The summed E-state index contributed by atoms with van der Waals surface area (Å²) in [5.74, 6) is -0.117. The number of rotatable bonds is 5. The number of nitrogens with two attached hydrogens (primary N) is 1. The van der Waals surface area contributed by atoms with Crippen molar-refractivity contribution in [2.75, 3.05) is 17.7 Å². The van der Waals surface area contributed by atoms with Gasteiger partial charge < -0.3 is 19.8 Å². The summed E-state index contributed by atoms with van der Waals surface area (Å²) < 4.78 is 25.7. The van der Waals surface area contributed by atoms with Crippen molar-refractivity contribution in [3.05, 3.63) is 59.9 Å². The summed E-state index contributed by atoms with van der Waals surface area (Å²) in [6, 6.07) is 7.72. The third-order valence-corrected chi connectivity index (χ3v) is 3.80. The van der Waals surface area contributed by atoms with Crippen molar-refractivity contribution in [3.8, 4) is 5.75 Å². The molecule has 0 fully saturated rings. The van der Waals surface area contributed by atoms with Crippen LogP contribution in [-0.2, 0) is 13.6 Å². The SMILES string of the molecule is COc1ccc(N(Cc2ccco2)C(=O)c2cnn(C)c2N)cc1F. The zero-order valence-corrected chi connectivity index (χ0v) is 13.8. The molecule has 2 heterocycles. The number of amides is 1. The second kappa shape index (κ2) is 6.68. The molecule has 8 heteroatoms. The quantitative estimate of drug-likeness (QED) is 0.769. The molecule has 3 rings (SSSR count). The highest BCUT2D eigenvalue weighted by molar-refractivity contribution is 6.08. The summed E-state index contributed by atoms with van der Waals surface area (Å²) in [7, 11) is 3.01. The van der Waals surface area contributed by atoms with Gasteiger partial charge in [0.25, 0.3) is 5.91 Å². The predicted octanol–water partition coefficient (Wildman–Crippen LogP) is 2.59. The van der Waals surface area contributed by atoms with E-state index in [1.54, 1.807) is 25.2 Å². The summed E-state index contributed by atoms with van der Waals surface area (Å²) in [4.78, 5) is 14.3. The smallest absolute Gasteiger partial charge is 0.264 e.